The van der Waals surface area contributed by atoms with Gasteiger partial charge in [-0.1, -0.05) is 56.9 Å². The van der Waals surface area contributed by atoms with Gasteiger partial charge in [0.05, 0.1) is 0 Å². The highest BCUT2D eigenvalue weighted by atomic mass is 16.5. The SMILES string of the molecule is CC=CCOc1ccc([C@H]2CC[C@H](CCCCC)CC2)cc1. The van der Waals surface area contributed by atoms with Gasteiger partial charge in [-0.25, -0.2) is 0 Å². The first-order valence-corrected chi connectivity index (χ1v) is 9.17. The standard InChI is InChI=1S/C21H32O/c1-3-5-7-8-18-9-11-19(12-10-18)20-13-15-21(16-14-20)22-17-6-4-2/h4,6,13-16,18-19H,3,5,7-12,17H2,1-2H3/t18-,19-. The van der Waals surface area contributed by atoms with Crippen molar-refractivity contribution in [3.05, 3.63) is 42.0 Å². The molecule has 1 saturated carbocycles. The monoisotopic (exact) mass is 300 g/mol. The van der Waals surface area contributed by atoms with Gasteiger partial charge >= 0.3 is 0 Å². The highest BCUT2D eigenvalue weighted by molar-refractivity contribution is 5.29. The van der Waals surface area contributed by atoms with Crippen LogP contribution < -0.4 is 4.74 Å². The summed E-state index contributed by atoms with van der Waals surface area (Å²) in [7, 11) is 0. The second kappa shape index (κ2) is 9.71. The summed E-state index contributed by atoms with van der Waals surface area (Å²) >= 11 is 0. The fourth-order valence-corrected chi connectivity index (χ4v) is 3.54. The molecule has 0 aromatic heterocycles. The van der Waals surface area contributed by atoms with Crippen LogP contribution in [-0.4, -0.2) is 6.61 Å². The Balaban J connectivity index is 1.76. The second-order valence-corrected chi connectivity index (χ2v) is 6.66. The average molecular weight is 300 g/mol. The first-order chi connectivity index (χ1) is 10.8. The predicted octanol–water partition coefficient (Wildman–Crippen LogP) is 6.50. The fraction of sp³-hybridized carbons (Fsp3) is 0.619. The zero-order valence-corrected chi connectivity index (χ0v) is 14.4. The Bertz CT molecular complexity index is 424. The molecule has 0 atom stereocenters. The van der Waals surface area contributed by atoms with E-state index in [1.54, 1.807) is 0 Å². The number of hydrogen-bond donors (Lipinski definition) is 0. The zero-order chi connectivity index (χ0) is 15.6. The van der Waals surface area contributed by atoms with Gasteiger partial charge in [0.1, 0.15) is 12.4 Å². The number of allylic oxidation sites excluding steroid dienone is 1. The molecule has 1 fully saturated rings. The topological polar surface area (TPSA) is 9.23 Å². The van der Waals surface area contributed by atoms with Crippen LogP contribution in [0, 0.1) is 5.92 Å². The largest absolute Gasteiger partial charge is 0.490 e. The van der Waals surface area contributed by atoms with E-state index in [0.717, 1.165) is 17.6 Å². The summed E-state index contributed by atoms with van der Waals surface area (Å²) in [5, 5.41) is 0. The van der Waals surface area contributed by atoms with E-state index in [9.17, 15) is 0 Å². The van der Waals surface area contributed by atoms with E-state index >= 15 is 0 Å². The van der Waals surface area contributed by atoms with Gasteiger partial charge in [0.15, 0.2) is 0 Å². The number of rotatable bonds is 8. The maximum Gasteiger partial charge on any atom is 0.119 e. The van der Waals surface area contributed by atoms with E-state index in [0.29, 0.717) is 6.61 Å². The van der Waals surface area contributed by atoms with Crippen LogP contribution in [0.5, 0.6) is 5.75 Å². The third-order valence-electron chi connectivity index (χ3n) is 5.00. The van der Waals surface area contributed by atoms with E-state index in [-0.39, 0.29) is 0 Å². The van der Waals surface area contributed by atoms with Gasteiger partial charge in [0.25, 0.3) is 0 Å². The fourth-order valence-electron chi connectivity index (χ4n) is 3.54. The van der Waals surface area contributed by atoms with Crippen LogP contribution in [0.3, 0.4) is 0 Å². The molecule has 0 aliphatic heterocycles. The Labute approximate surface area is 136 Å². The lowest BCUT2D eigenvalue weighted by Crippen LogP contribution is -2.13. The predicted molar refractivity (Wildman–Crippen MR) is 95.6 cm³/mol. The van der Waals surface area contributed by atoms with Crippen LogP contribution in [0.15, 0.2) is 36.4 Å². The van der Waals surface area contributed by atoms with Crippen molar-refractivity contribution in [1.82, 2.24) is 0 Å². The highest BCUT2D eigenvalue weighted by Crippen LogP contribution is 2.38. The molecule has 1 aromatic carbocycles. The minimum absolute atomic E-state index is 0.665. The lowest BCUT2D eigenvalue weighted by atomic mass is 9.77. The van der Waals surface area contributed by atoms with Crippen molar-refractivity contribution in [2.24, 2.45) is 5.92 Å². The van der Waals surface area contributed by atoms with Crippen molar-refractivity contribution in [2.75, 3.05) is 6.61 Å². The molecule has 1 aliphatic carbocycles. The lowest BCUT2D eigenvalue weighted by molar-refractivity contribution is 0.302. The lowest BCUT2D eigenvalue weighted by Gasteiger charge is -2.29. The van der Waals surface area contributed by atoms with Crippen molar-refractivity contribution in [2.45, 2.75) is 71.1 Å². The summed E-state index contributed by atoms with van der Waals surface area (Å²) in [5.74, 6) is 2.74. The molecular weight excluding hydrogens is 268 g/mol. The maximum atomic E-state index is 5.67. The molecule has 122 valence electrons. The van der Waals surface area contributed by atoms with Crippen LogP contribution in [0.25, 0.3) is 0 Å². The number of unbranched alkanes of at least 4 members (excludes halogenated alkanes) is 2. The summed E-state index contributed by atoms with van der Waals surface area (Å²) in [4.78, 5) is 0. The van der Waals surface area contributed by atoms with E-state index in [4.69, 9.17) is 4.74 Å². The molecule has 0 radical (unpaired) electrons. The molecule has 0 spiro atoms. The van der Waals surface area contributed by atoms with E-state index in [2.05, 4.69) is 31.2 Å². The van der Waals surface area contributed by atoms with Gasteiger partial charge in [-0.2, -0.15) is 0 Å². The van der Waals surface area contributed by atoms with Crippen LogP contribution in [0.4, 0.5) is 0 Å². The zero-order valence-electron chi connectivity index (χ0n) is 14.4. The Morgan fingerprint density at radius 1 is 1.05 bits per heavy atom. The van der Waals surface area contributed by atoms with Gasteiger partial charge in [-0.15, -0.1) is 0 Å². The van der Waals surface area contributed by atoms with Crippen LogP contribution in [0.2, 0.25) is 0 Å². The van der Waals surface area contributed by atoms with Gasteiger partial charge < -0.3 is 4.74 Å². The third-order valence-corrected chi connectivity index (χ3v) is 5.00. The molecule has 1 aromatic rings. The van der Waals surface area contributed by atoms with Crippen molar-refractivity contribution in [3.63, 3.8) is 0 Å². The summed E-state index contributed by atoms with van der Waals surface area (Å²) in [6, 6.07) is 8.80. The summed E-state index contributed by atoms with van der Waals surface area (Å²) in [5.41, 5.74) is 1.50. The minimum Gasteiger partial charge on any atom is -0.490 e. The maximum absolute atomic E-state index is 5.67. The molecular formula is C21H32O. The van der Waals surface area contributed by atoms with E-state index < -0.39 is 0 Å². The first-order valence-electron chi connectivity index (χ1n) is 9.17. The molecule has 1 heteroatoms. The summed E-state index contributed by atoms with van der Waals surface area (Å²) < 4.78 is 5.67. The van der Waals surface area contributed by atoms with Gasteiger partial charge in [-0.3, -0.25) is 0 Å². The van der Waals surface area contributed by atoms with Crippen LogP contribution >= 0.6 is 0 Å². The molecule has 0 heterocycles. The Kier molecular flexibility index (Phi) is 7.56. The van der Waals surface area contributed by atoms with E-state index in [1.165, 1.54) is 56.9 Å². The average Bonchev–Trinajstić information content (AvgIpc) is 2.57. The molecule has 1 aliphatic rings. The Hall–Kier alpha value is -1.24. The van der Waals surface area contributed by atoms with Gasteiger partial charge in [0, 0.05) is 0 Å². The highest BCUT2D eigenvalue weighted by Gasteiger charge is 2.21. The molecule has 1 nitrogen and oxygen atoms in total. The smallest absolute Gasteiger partial charge is 0.119 e. The van der Waals surface area contributed by atoms with Crippen molar-refractivity contribution in [3.8, 4) is 5.75 Å². The second-order valence-electron chi connectivity index (χ2n) is 6.66. The van der Waals surface area contributed by atoms with Crippen LogP contribution in [-0.2, 0) is 0 Å². The van der Waals surface area contributed by atoms with Crippen molar-refractivity contribution < 1.29 is 4.74 Å². The van der Waals surface area contributed by atoms with Crippen molar-refractivity contribution >= 4 is 0 Å². The molecule has 0 unspecified atom stereocenters. The third kappa shape index (κ3) is 5.51. The van der Waals surface area contributed by atoms with Crippen molar-refractivity contribution in [1.29, 1.82) is 0 Å². The van der Waals surface area contributed by atoms with Gasteiger partial charge in [-0.05, 0) is 62.1 Å². The first kappa shape index (κ1) is 17.1. The molecule has 0 saturated heterocycles. The number of benzene rings is 1. The Morgan fingerprint density at radius 2 is 1.77 bits per heavy atom. The molecule has 0 bridgehead atoms. The number of ether oxygens (including phenoxy) is 1. The summed E-state index contributed by atoms with van der Waals surface area (Å²) in [6.07, 6.45) is 15.3. The Morgan fingerprint density at radius 3 is 2.41 bits per heavy atom. The quantitative estimate of drug-likeness (QED) is 0.393. The van der Waals surface area contributed by atoms with Crippen LogP contribution in [0.1, 0.15) is 76.7 Å². The molecule has 0 N–H and O–H groups in total. The summed E-state index contributed by atoms with van der Waals surface area (Å²) in [6.45, 7) is 4.98. The molecule has 2 rings (SSSR count). The molecule has 0 amide bonds. The normalized spacial score (nSPS) is 22.1. The molecule has 22 heavy (non-hydrogen) atoms. The minimum atomic E-state index is 0.665. The van der Waals surface area contributed by atoms with E-state index in [1.807, 2.05) is 19.1 Å². The van der Waals surface area contributed by atoms with Gasteiger partial charge in [0.2, 0.25) is 0 Å². The number of hydrogen-bond acceptors (Lipinski definition) is 1.